The van der Waals surface area contributed by atoms with Gasteiger partial charge in [-0.05, 0) is 36.4 Å². The highest BCUT2D eigenvalue weighted by atomic mass is 19.4. The summed E-state index contributed by atoms with van der Waals surface area (Å²) in [5.74, 6) is -0.182. The standard InChI is InChI=1S/C19H14F3N3O2/c20-19(21,22)15-10-4-5-11-16(15)24-25-17(26)14-9-6-12-23-18(14)27-13-7-2-1-3-8-13/h1-12,24H,(H,25,26). The summed E-state index contributed by atoms with van der Waals surface area (Å²) in [6.45, 7) is 0. The molecule has 0 aliphatic heterocycles. The van der Waals surface area contributed by atoms with E-state index in [1.54, 1.807) is 30.3 Å². The molecule has 1 aromatic heterocycles. The fourth-order valence-corrected chi connectivity index (χ4v) is 2.28. The molecule has 1 heterocycles. The summed E-state index contributed by atoms with van der Waals surface area (Å²) in [5, 5.41) is 0. The van der Waals surface area contributed by atoms with E-state index in [0.717, 1.165) is 6.07 Å². The number of pyridine rings is 1. The maximum atomic E-state index is 13.0. The van der Waals surface area contributed by atoms with Gasteiger partial charge in [0, 0.05) is 6.20 Å². The number of hydrogen-bond donors (Lipinski definition) is 2. The molecule has 0 aliphatic carbocycles. The lowest BCUT2D eigenvalue weighted by molar-refractivity contribution is -0.137. The quantitative estimate of drug-likeness (QED) is 0.639. The van der Waals surface area contributed by atoms with Gasteiger partial charge in [0.2, 0.25) is 5.88 Å². The molecule has 0 atom stereocenters. The second-order valence-corrected chi connectivity index (χ2v) is 5.39. The van der Waals surface area contributed by atoms with E-state index in [4.69, 9.17) is 4.74 Å². The second kappa shape index (κ2) is 7.77. The molecule has 1 amide bonds. The molecule has 0 spiro atoms. The van der Waals surface area contributed by atoms with E-state index in [2.05, 4.69) is 15.8 Å². The van der Waals surface area contributed by atoms with Crippen LogP contribution in [0.4, 0.5) is 18.9 Å². The Kier molecular flexibility index (Phi) is 5.25. The molecule has 2 N–H and O–H groups in total. The predicted octanol–water partition coefficient (Wildman–Crippen LogP) is 4.65. The van der Waals surface area contributed by atoms with E-state index >= 15 is 0 Å². The topological polar surface area (TPSA) is 63.2 Å². The van der Waals surface area contributed by atoms with Crippen LogP contribution in [0.1, 0.15) is 15.9 Å². The van der Waals surface area contributed by atoms with E-state index in [1.807, 2.05) is 0 Å². The first-order chi connectivity index (χ1) is 12.9. The Bertz CT molecular complexity index is 931. The fourth-order valence-electron chi connectivity index (χ4n) is 2.28. The molecule has 0 bridgehead atoms. The first kappa shape index (κ1) is 18.2. The Morgan fingerprint density at radius 2 is 1.63 bits per heavy atom. The minimum Gasteiger partial charge on any atom is -0.438 e. The Morgan fingerprint density at radius 3 is 2.37 bits per heavy atom. The first-order valence-corrected chi connectivity index (χ1v) is 7.85. The number of carbonyl (C=O) groups is 1. The van der Waals surface area contributed by atoms with Crippen LogP contribution in [0.15, 0.2) is 72.9 Å². The lowest BCUT2D eigenvalue weighted by Crippen LogP contribution is -2.31. The van der Waals surface area contributed by atoms with Gasteiger partial charge in [-0.25, -0.2) is 4.98 Å². The first-order valence-electron chi connectivity index (χ1n) is 7.85. The van der Waals surface area contributed by atoms with Crippen molar-refractivity contribution >= 4 is 11.6 Å². The number of amides is 1. The van der Waals surface area contributed by atoms with Crippen molar-refractivity contribution < 1.29 is 22.7 Å². The third kappa shape index (κ3) is 4.55. The van der Waals surface area contributed by atoms with Crippen molar-refractivity contribution in [1.29, 1.82) is 0 Å². The van der Waals surface area contributed by atoms with Crippen LogP contribution in [-0.2, 0) is 6.18 Å². The van der Waals surface area contributed by atoms with Crippen LogP contribution in [0, 0.1) is 0 Å². The molecule has 3 rings (SSSR count). The van der Waals surface area contributed by atoms with Gasteiger partial charge in [-0.3, -0.25) is 15.6 Å². The van der Waals surface area contributed by atoms with Crippen molar-refractivity contribution in [1.82, 2.24) is 10.4 Å². The summed E-state index contributed by atoms with van der Waals surface area (Å²) in [5.41, 5.74) is 3.46. The molecular weight excluding hydrogens is 359 g/mol. The average Bonchev–Trinajstić information content (AvgIpc) is 2.67. The van der Waals surface area contributed by atoms with Gasteiger partial charge in [0.15, 0.2) is 0 Å². The van der Waals surface area contributed by atoms with E-state index in [1.165, 1.54) is 36.5 Å². The lowest BCUT2D eigenvalue weighted by atomic mass is 10.2. The molecule has 27 heavy (non-hydrogen) atoms. The van der Waals surface area contributed by atoms with Gasteiger partial charge in [0.1, 0.15) is 11.3 Å². The van der Waals surface area contributed by atoms with E-state index < -0.39 is 17.6 Å². The monoisotopic (exact) mass is 373 g/mol. The van der Waals surface area contributed by atoms with Crippen LogP contribution in [0.25, 0.3) is 0 Å². The van der Waals surface area contributed by atoms with Crippen molar-refractivity contribution in [2.75, 3.05) is 5.43 Å². The van der Waals surface area contributed by atoms with Gasteiger partial charge >= 0.3 is 6.18 Å². The molecule has 8 heteroatoms. The Labute approximate surface area is 152 Å². The van der Waals surface area contributed by atoms with Crippen LogP contribution in [0.3, 0.4) is 0 Å². The zero-order valence-electron chi connectivity index (χ0n) is 13.8. The molecule has 0 aliphatic rings. The van der Waals surface area contributed by atoms with Crippen LogP contribution in [0.5, 0.6) is 11.6 Å². The van der Waals surface area contributed by atoms with Gasteiger partial charge in [0.25, 0.3) is 5.91 Å². The highest BCUT2D eigenvalue weighted by molar-refractivity contribution is 5.97. The number of carbonyl (C=O) groups excluding carboxylic acids is 1. The highest BCUT2D eigenvalue weighted by Gasteiger charge is 2.33. The summed E-state index contributed by atoms with van der Waals surface area (Å²) in [7, 11) is 0. The number of para-hydroxylation sites is 2. The third-order valence-electron chi connectivity index (χ3n) is 3.52. The summed E-state index contributed by atoms with van der Waals surface area (Å²) in [6, 6.07) is 16.5. The Balaban J connectivity index is 1.77. The van der Waals surface area contributed by atoms with Crippen molar-refractivity contribution in [3.63, 3.8) is 0 Å². The van der Waals surface area contributed by atoms with Crippen molar-refractivity contribution in [2.24, 2.45) is 0 Å². The predicted molar refractivity (Wildman–Crippen MR) is 93.3 cm³/mol. The molecule has 0 unspecified atom stereocenters. The van der Waals surface area contributed by atoms with Crippen LogP contribution >= 0.6 is 0 Å². The summed E-state index contributed by atoms with van der Waals surface area (Å²) in [6.07, 6.45) is -3.11. The Hall–Kier alpha value is -3.55. The number of hydrogen-bond acceptors (Lipinski definition) is 4. The molecule has 3 aromatic rings. The number of halogens is 3. The molecule has 138 valence electrons. The SMILES string of the molecule is O=C(NNc1ccccc1C(F)(F)F)c1cccnc1Oc1ccccc1. The van der Waals surface area contributed by atoms with Crippen LogP contribution in [-0.4, -0.2) is 10.9 Å². The van der Waals surface area contributed by atoms with Gasteiger partial charge in [-0.1, -0.05) is 30.3 Å². The fraction of sp³-hybridized carbons (Fsp3) is 0.0526. The number of rotatable bonds is 5. The molecule has 0 fully saturated rings. The van der Waals surface area contributed by atoms with Gasteiger partial charge in [0.05, 0.1) is 11.3 Å². The average molecular weight is 373 g/mol. The van der Waals surface area contributed by atoms with E-state index in [-0.39, 0.29) is 17.1 Å². The summed E-state index contributed by atoms with van der Waals surface area (Å²) >= 11 is 0. The second-order valence-electron chi connectivity index (χ2n) is 5.39. The number of nitrogens with one attached hydrogen (secondary N) is 2. The third-order valence-corrected chi connectivity index (χ3v) is 3.52. The largest absolute Gasteiger partial charge is 0.438 e. The molecule has 5 nitrogen and oxygen atoms in total. The van der Waals surface area contributed by atoms with Crippen LogP contribution in [0.2, 0.25) is 0 Å². The minimum atomic E-state index is -4.55. The van der Waals surface area contributed by atoms with Crippen molar-refractivity contribution in [3.8, 4) is 11.6 Å². The normalized spacial score (nSPS) is 10.9. The number of alkyl halides is 3. The number of nitrogens with zero attached hydrogens (tertiary/aromatic N) is 1. The van der Waals surface area contributed by atoms with E-state index in [9.17, 15) is 18.0 Å². The number of benzene rings is 2. The maximum Gasteiger partial charge on any atom is 0.418 e. The number of hydrazine groups is 1. The zero-order valence-corrected chi connectivity index (χ0v) is 13.8. The van der Waals surface area contributed by atoms with E-state index in [0.29, 0.717) is 5.75 Å². The summed E-state index contributed by atoms with van der Waals surface area (Å²) < 4.78 is 44.6. The van der Waals surface area contributed by atoms with Gasteiger partial charge in [-0.15, -0.1) is 0 Å². The smallest absolute Gasteiger partial charge is 0.418 e. The van der Waals surface area contributed by atoms with Gasteiger partial charge in [-0.2, -0.15) is 13.2 Å². The molecule has 0 saturated heterocycles. The van der Waals surface area contributed by atoms with Crippen molar-refractivity contribution in [2.45, 2.75) is 6.18 Å². The van der Waals surface area contributed by atoms with Crippen LogP contribution < -0.4 is 15.6 Å². The molecule has 2 aromatic carbocycles. The molecule has 0 radical (unpaired) electrons. The number of ether oxygens (including phenoxy) is 1. The minimum absolute atomic E-state index is 0.0344. The number of anilines is 1. The maximum absolute atomic E-state index is 13.0. The van der Waals surface area contributed by atoms with Crippen molar-refractivity contribution in [3.05, 3.63) is 84.1 Å². The lowest BCUT2D eigenvalue weighted by Gasteiger charge is -2.15. The zero-order chi connectivity index (χ0) is 19.3. The highest BCUT2D eigenvalue weighted by Crippen LogP contribution is 2.34. The number of aromatic nitrogens is 1. The van der Waals surface area contributed by atoms with Gasteiger partial charge < -0.3 is 4.74 Å². The molecule has 0 saturated carbocycles. The Morgan fingerprint density at radius 1 is 0.926 bits per heavy atom. The molecular formula is C19H14F3N3O2. The summed E-state index contributed by atoms with van der Waals surface area (Å²) in [4.78, 5) is 16.4.